The van der Waals surface area contributed by atoms with Gasteiger partial charge in [-0.05, 0) is 28.5 Å². The summed E-state index contributed by atoms with van der Waals surface area (Å²) in [5.74, 6) is -1.09. The Morgan fingerprint density at radius 1 is 1.09 bits per heavy atom. The Kier molecular flexibility index (Phi) is 6.27. The van der Waals surface area contributed by atoms with Crippen molar-refractivity contribution in [3.63, 3.8) is 0 Å². The van der Waals surface area contributed by atoms with Crippen LogP contribution in [0, 0.1) is 17.0 Å². The van der Waals surface area contributed by atoms with Crippen LogP contribution in [-0.2, 0) is 22.6 Å². The highest BCUT2D eigenvalue weighted by molar-refractivity contribution is 6.20. The number of hydrogen-bond donors (Lipinski definition) is 1. The molecule has 34 heavy (non-hydrogen) atoms. The first kappa shape index (κ1) is 22.9. The van der Waals surface area contributed by atoms with E-state index in [4.69, 9.17) is 0 Å². The van der Waals surface area contributed by atoms with Gasteiger partial charge in [-0.15, -0.1) is 0 Å². The Bertz CT molecular complexity index is 1280. The number of aliphatic hydroxyl groups is 1. The molecule has 1 atom stereocenters. The second-order valence-electron chi connectivity index (χ2n) is 8.17. The van der Waals surface area contributed by atoms with Crippen LogP contribution in [0.2, 0.25) is 0 Å². The summed E-state index contributed by atoms with van der Waals surface area (Å²) in [5, 5.41) is 22.1. The van der Waals surface area contributed by atoms with Crippen LogP contribution >= 0.6 is 0 Å². The standard InChI is InChI=1S/C25H24N4O5/c1-16(30)23-24(31)21(14-18-8-10-20(11-9-18)19-6-4-3-5-7-19)28(25(23)32)13-12-27-17(2)26-15-22(27)29(33)34/h3-11,15,21,31H,12-14H2,1-2H3. The third kappa shape index (κ3) is 4.32. The molecule has 4 rings (SSSR count). The van der Waals surface area contributed by atoms with Gasteiger partial charge in [0.25, 0.3) is 5.91 Å². The van der Waals surface area contributed by atoms with Crippen LogP contribution in [-0.4, -0.2) is 48.8 Å². The van der Waals surface area contributed by atoms with Crippen LogP contribution in [0.4, 0.5) is 5.82 Å². The van der Waals surface area contributed by atoms with Crippen molar-refractivity contribution < 1.29 is 19.6 Å². The molecule has 9 nitrogen and oxygen atoms in total. The highest BCUT2D eigenvalue weighted by Gasteiger charge is 2.41. The lowest BCUT2D eigenvalue weighted by Crippen LogP contribution is -2.39. The zero-order valence-electron chi connectivity index (χ0n) is 18.8. The maximum atomic E-state index is 13.0. The molecule has 1 amide bonds. The van der Waals surface area contributed by atoms with E-state index in [2.05, 4.69) is 4.98 Å². The number of nitrogens with zero attached hydrogens (tertiary/aromatic N) is 4. The highest BCUT2D eigenvalue weighted by atomic mass is 16.6. The Hall–Kier alpha value is -4.27. The largest absolute Gasteiger partial charge is 0.509 e. The first-order chi connectivity index (χ1) is 16.3. The molecule has 1 aromatic heterocycles. The zero-order valence-corrected chi connectivity index (χ0v) is 18.8. The van der Waals surface area contributed by atoms with E-state index in [1.54, 1.807) is 6.92 Å². The topological polar surface area (TPSA) is 119 Å². The van der Waals surface area contributed by atoms with Crippen molar-refractivity contribution in [2.75, 3.05) is 6.54 Å². The number of aromatic nitrogens is 2. The summed E-state index contributed by atoms with van der Waals surface area (Å²) in [6.45, 7) is 3.06. The lowest BCUT2D eigenvalue weighted by atomic mass is 9.99. The number of amides is 1. The van der Waals surface area contributed by atoms with Gasteiger partial charge in [0.05, 0.1) is 12.6 Å². The lowest BCUT2D eigenvalue weighted by Gasteiger charge is -2.25. The molecular weight excluding hydrogens is 436 g/mol. The number of aliphatic hydroxyl groups excluding tert-OH is 1. The Morgan fingerprint density at radius 3 is 2.35 bits per heavy atom. The normalized spacial score (nSPS) is 15.8. The van der Waals surface area contributed by atoms with Crippen LogP contribution in [0.25, 0.3) is 11.1 Å². The Morgan fingerprint density at radius 2 is 1.74 bits per heavy atom. The fraction of sp³-hybridized carbons (Fsp3) is 0.240. The molecule has 1 aliphatic heterocycles. The number of nitro groups is 1. The van der Waals surface area contributed by atoms with Gasteiger partial charge in [0.2, 0.25) is 0 Å². The Labute approximate surface area is 196 Å². The van der Waals surface area contributed by atoms with Crippen LogP contribution in [0.15, 0.2) is 72.1 Å². The molecule has 0 saturated heterocycles. The summed E-state index contributed by atoms with van der Waals surface area (Å²) in [4.78, 5) is 41.2. The third-order valence-electron chi connectivity index (χ3n) is 6.05. The van der Waals surface area contributed by atoms with Crippen molar-refractivity contribution in [2.24, 2.45) is 0 Å². The molecule has 0 radical (unpaired) electrons. The van der Waals surface area contributed by atoms with Crippen LogP contribution in [0.3, 0.4) is 0 Å². The van der Waals surface area contributed by atoms with E-state index < -0.39 is 22.7 Å². The minimum Gasteiger partial charge on any atom is -0.509 e. The van der Waals surface area contributed by atoms with Crippen LogP contribution in [0.5, 0.6) is 0 Å². The molecule has 174 valence electrons. The number of carbonyl (C=O) groups is 2. The van der Waals surface area contributed by atoms with Crippen LogP contribution < -0.4 is 0 Å². The van der Waals surface area contributed by atoms with E-state index in [0.717, 1.165) is 16.7 Å². The van der Waals surface area contributed by atoms with E-state index in [9.17, 15) is 24.8 Å². The average Bonchev–Trinajstić information content (AvgIpc) is 3.30. The number of aryl methyl sites for hydroxylation is 1. The first-order valence-electron chi connectivity index (χ1n) is 10.8. The number of imidazole rings is 1. The van der Waals surface area contributed by atoms with Gasteiger partial charge < -0.3 is 20.1 Å². The molecule has 2 heterocycles. The third-order valence-corrected chi connectivity index (χ3v) is 6.05. The molecule has 0 fully saturated rings. The molecule has 0 spiro atoms. The molecule has 1 aliphatic rings. The predicted molar refractivity (Wildman–Crippen MR) is 125 cm³/mol. The quantitative estimate of drug-likeness (QED) is 0.312. The monoisotopic (exact) mass is 460 g/mol. The molecule has 0 saturated carbocycles. The molecule has 0 aliphatic carbocycles. The van der Waals surface area contributed by atoms with Gasteiger partial charge in [-0.25, -0.2) is 9.55 Å². The molecule has 0 bridgehead atoms. The van der Waals surface area contributed by atoms with E-state index in [-0.39, 0.29) is 30.2 Å². The van der Waals surface area contributed by atoms with Gasteiger partial charge in [0, 0.05) is 13.3 Å². The van der Waals surface area contributed by atoms with Gasteiger partial charge in [-0.3, -0.25) is 9.59 Å². The number of benzene rings is 2. The van der Waals surface area contributed by atoms with Gasteiger partial charge in [0.15, 0.2) is 11.6 Å². The molecular formula is C25H24N4O5. The summed E-state index contributed by atoms with van der Waals surface area (Å²) < 4.78 is 1.40. The highest BCUT2D eigenvalue weighted by Crippen LogP contribution is 2.29. The SMILES string of the molecule is CC(=O)C1=C(O)C(Cc2ccc(-c3ccccc3)cc2)N(CCn2c([N+](=O)[O-])cnc2C)C1=O. The van der Waals surface area contributed by atoms with Crippen molar-refractivity contribution in [1.82, 2.24) is 14.5 Å². The van der Waals surface area contributed by atoms with Gasteiger partial charge in [0.1, 0.15) is 24.1 Å². The number of hydrogen-bond acceptors (Lipinski definition) is 6. The minimum absolute atomic E-state index is 0.0739. The van der Waals surface area contributed by atoms with Gasteiger partial charge >= 0.3 is 5.82 Å². The van der Waals surface area contributed by atoms with Crippen LogP contribution in [0.1, 0.15) is 18.3 Å². The van der Waals surface area contributed by atoms with E-state index in [0.29, 0.717) is 12.2 Å². The molecule has 3 aromatic rings. The minimum atomic E-state index is -0.739. The molecule has 2 aromatic carbocycles. The van der Waals surface area contributed by atoms with Crippen molar-refractivity contribution in [3.05, 3.63) is 93.6 Å². The van der Waals surface area contributed by atoms with Crippen molar-refractivity contribution in [3.8, 4) is 11.1 Å². The fourth-order valence-corrected chi connectivity index (χ4v) is 4.28. The van der Waals surface area contributed by atoms with E-state index in [1.165, 1.54) is 22.6 Å². The second-order valence-corrected chi connectivity index (χ2v) is 8.17. The molecule has 9 heteroatoms. The summed E-state index contributed by atoms with van der Waals surface area (Å²) in [6, 6.07) is 16.9. The number of ketones is 1. The molecule has 1 unspecified atom stereocenters. The number of rotatable bonds is 8. The smallest absolute Gasteiger partial charge is 0.342 e. The Balaban J connectivity index is 1.58. The summed E-state index contributed by atoms with van der Waals surface area (Å²) in [7, 11) is 0. The van der Waals surface area contributed by atoms with Crippen molar-refractivity contribution >= 4 is 17.5 Å². The maximum Gasteiger partial charge on any atom is 0.342 e. The lowest BCUT2D eigenvalue weighted by molar-refractivity contribution is -0.392. The van der Waals surface area contributed by atoms with Gasteiger partial charge in [-0.2, -0.15) is 0 Å². The van der Waals surface area contributed by atoms with Crippen molar-refractivity contribution in [1.29, 1.82) is 0 Å². The van der Waals surface area contributed by atoms with Gasteiger partial charge in [-0.1, -0.05) is 54.6 Å². The average molecular weight is 460 g/mol. The predicted octanol–water partition coefficient (Wildman–Crippen LogP) is 3.62. The summed E-state index contributed by atoms with van der Waals surface area (Å²) >= 11 is 0. The summed E-state index contributed by atoms with van der Waals surface area (Å²) in [6.07, 6.45) is 1.47. The van der Waals surface area contributed by atoms with E-state index in [1.807, 2.05) is 54.6 Å². The fourth-order valence-electron chi connectivity index (χ4n) is 4.28. The van der Waals surface area contributed by atoms with E-state index >= 15 is 0 Å². The molecule has 1 N–H and O–H groups in total. The number of carbonyl (C=O) groups excluding carboxylic acids is 2. The maximum absolute atomic E-state index is 13.0. The zero-order chi connectivity index (χ0) is 24.4. The second kappa shape index (κ2) is 9.30. The number of Topliss-reactive ketones (excluding diaryl/α,β-unsaturated/α-hetero) is 1. The first-order valence-corrected chi connectivity index (χ1v) is 10.8. The van der Waals surface area contributed by atoms with Crippen molar-refractivity contribution in [2.45, 2.75) is 32.9 Å². The summed E-state index contributed by atoms with van der Waals surface area (Å²) in [5.41, 5.74) is 2.76.